The summed E-state index contributed by atoms with van der Waals surface area (Å²) in [7, 11) is 1.70. The van der Waals surface area contributed by atoms with Gasteiger partial charge in [-0.25, -0.2) is 0 Å². The summed E-state index contributed by atoms with van der Waals surface area (Å²) < 4.78 is 5.33. The molecule has 1 aromatic rings. The molecule has 1 fully saturated rings. The predicted octanol–water partition coefficient (Wildman–Crippen LogP) is 3.40. The number of hydrogen-bond acceptors (Lipinski definition) is 4. The van der Waals surface area contributed by atoms with Gasteiger partial charge in [-0.2, -0.15) is 10.2 Å². The molecule has 0 bridgehead atoms. The van der Waals surface area contributed by atoms with Crippen LogP contribution >= 0.6 is 0 Å². The Hall–Kier alpha value is -1.68. The molecular weight excluding hydrogens is 250 g/mol. The van der Waals surface area contributed by atoms with Gasteiger partial charge in [0.1, 0.15) is 5.75 Å². The molecule has 2 aliphatic rings. The number of benzene rings is 1. The topological polar surface area (TPSA) is 46.0 Å². The van der Waals surface area contributed by atoms with Gasteiger partial charge in [0.15, 0.2) is 5.66 Å². The van der Waals surface area contributed by atoms with Gasteiger partial charge in [0, 0.05) is 24.6 Å². The van der Waals surface area contributed by atoms with Gasteiger partial charge in [0.05, 0.1) is 7.11 Å². The van der Waals surface area contributed by atoms with Crippen molar-refractivity contribution < 1.29 is 4.74 Å². The summed E-state index contributed by atoms with van der Waals surface area (Å²) in [5.74, 6) is 0.913. The number of rotatable bonds is 5. The lowest BCUT2D eigenvalue weighted by Crippen LogP contribution is -2.37. The van der Waals surface area contributed by atoms with Crippen LogP contribution in [0.4, 0.5) is 0 Å². The Morgan fingerprint density at radius 1 is 1.40 bits per heavy atom. The molecule has 4 nitrogen and oxygen atoms in total. The van der Waals surface area contributed by atoms with Crippen LogP contribution in [0.15, 0.2) is 40.6 Å². The van der Waals surface area contributed by atoms with Crippen LogP contribution in [0, 0.1) is 0 Å². The first-order valence-electron chi connectivity index (χ1n) is 7.28. The molecule has 0 radical (unpaired) electrons. The van der Waals surface area contributed by atoms with Gasteiger partial charge >= 0.3 is 0 Å². The molecule has 4 heteroatoms. The molecule has 1 atom stereocenters. The molecule has 1 unspecified atom stereocenters. The maximum absolute atomic E-state index is 5.33. The van der Waals surface area contributed by atoms with Crippen molar-refractivity contribution in [3.05, 3.63) is 35.9 Å². The number of methoxy groups -OCH3 is 1. The van der Waals surface area contributed by atoms with E-state index in [2.05, 4.69) is 33.8 Å². The molecule has 20 heavy (non-hydrogen) atoms. The molecule has 0 amide bonds. The summed E-state index contributed by atoms with van der Waals surface area (Å²) in [6.07, 6.45) is 8.92. The van der Waals surface area contributed by atoms with Crippen molar-refractivity contribution in [3.63, 3.8) is 0 Å². The Kier molecular flexibility index (Phi) is 3.83. The molecule has 0 aromatic heterocycles. The SMILES string of the molecule is COc1ccccc1/C=C/CNC1CCCC2(C1)N=N2. The fourth-order valence-electron chi connectivity index (χ4n) is 2.88. The van der Waals surface area contributed by atoms with E-state index in [9.17, 15) is 0 Å². The number of nitrogens with zero attached hydrogens (tertiary/aromatic N) is 2. The van der Waals surface area contributed by atoms with Gasteiger partial charge in [-0.1, -0.05) is 30.4 Å². The summed E-state index contributed by atoms with van der Waals surface area (Å²) in [4.78, 5) is 0. The maximum atomic E-state index is 5.33. The average molecular weight is 271 g/mol. The molecule has 1 saturated carbocycles. The first-order chi connectivity index (χ1) is 9.81. The molecule has 1 N–H and O–H groups in total. The van der Waals surface area contributed by atoms with Crippen molar-refractivity contribution in [1.82, 2.24) is 5.32 Å². The molecule has 1 spiro atoms. The van der Waals surface area contributed by atoms with Gasteiger partial charge in [-0.15, -0.1) is 0 Å². The molecular formula is C16H21N3O. The molecule has 1 heterocycles. The van der Waals surface area contributed by atoms with Crippen molar-refractivity contribution in [1.29, 1.82) is 0 Å². The van der Waals surface area contributed by atoms with E-state index in [1.165, 1.54) is 12.8 Å². The summed E-state index contributed by atoms with van der Waals surface area (Å²) in [5, 5.41) is 12.0. The summed E-state index contributed by atoms with van der Waals surface area (Å²) in [6.45, 7) is 0.874. The Balaban J connectivity index is 1.48. The summed E-state index contributed by atoms with van der Waals surface area (Å²) >= 11 is 0. The largest absolute Gasteiger partial charge is 0.496 e. The predicted molar refractivity (Wildman–Crippen MR) is 79.9 cm³/mol. The Morgan fingerprint density at radius 3 is 3.05 bits per heavy atom. The monoisotopic (exact) mass is 271 g/mol. The van der Waals surface area contributed by atoms with Gasteiger partial charge in [-0.3, -0.25) is 0 Å². The number of nitrogens with one attached hydrogen (secondary N) is 1. The molecule has 106 valence electrons. The van der Waals surface area contributed by atoms with Crippen LogP contribution in [0.1, 0.15) is 31.2 Å². The molecule has 1 aliphatic carbocycles. The Bertz CT molecular complexity index is 518. The van der Waals surface area contributed by atoms with E-state index >= 15 is 0 Å². The molecule has 1 aliphatic heterocycles. The third-order valence-corrected chi connectivity index (χ3v) is 4.05. The average Bonchev–Trinajstić information content (AvgIpc) is 3.23. The van der Waals surface area contributed by atoms with Crippen LogP contribution in [0.25, 0.3) is 6.08 Å². The highest BCUT2D eigenvalue weighted by Gasteiger charge is 2.44. The second-order valence-corrected chi connectivity index (χ2v) is 5.53. The lowest BCUT2D eigenvalue weighted by atomic mass is 9.88. The van der Waals surface area contributed by atoms with Crippen molar-refractivity contribution in [2.24, 2.45) is 10.2 Å². The fourth-order valence-corrected chi connectivity index (χ4v) is 2.88. The van der Waals surface area contributed by atoms with Crippen LogP contribution in [0.2, 0.25) is 0 Å². The zero-order valence-electron chi connectivity index (χ0n) is 11.9. The van der Waals surface area contributed by atoms with E-state index in [1.807, 2.05) is 18.2 Å². The highest BCUT2D eigenvalue weighted by atomic mass is 16.5. The third-order valence-electron chi connectivity index (χ3n) is 4.05. The van der Waals surface area contributed by atoms with Crippen molar-refractivity contribution >= 4 is 6.08 Å². The normalized spacial score (nSPS) is 23.4. The Labute approximate surface area is 119 Å². The van der Waals surface area contributed by atoms with Gasteiger partial charge < -0.3 is 10.1 Å². The van der Waals surface area contributed by atoms with Crippen LogP contribution in [-0.4, -0.2) is 25.4 Å². The zero-order chi connectivity index (χ0) is 13.8. The first-order valence-corrected chi connectivity index (χ1v) is 7.28. The minimum Gasteiger partial charge on any atom is -0.496 e. The molecule has 0 saturated heterocycles. The van der Waals surface area contributed by atoms with Crippen molar-refractivity contribution in [2.45, 2.75) is 37.4 Å². The maximum Gasteiger partial charge on any atom is 0.192 e. The summed E-state index contributed by atoms with van der Waals surface area (Å²) in [5.41, 5.74) is 1.12. The summed E-state index contributed by atoms with van der Waals surface area (Å²) in [6, 6.07) is 8.59. The Morgan fingerprint density at radius 2 is 2.25 bits per heavy atom. The van der Waals surface area contributed by atoms with E-state index < -0.39 is 0 Å². The zero-order valence-corrected chi connectivity index (χ0v) is 11.9. The first kappa shape index (κ1) is 13.3. The lowest BCUT2D eigenvalue weighted by molar-refractivity contribution is 0.317. The van der Waals surface area contributed by atoms with Crippen LogP contribution in [-0.2, 0) is 0 Å². The van der Waals surface area contributed by atoms with Crippen LogP contribution in [0.3, 0.4) is 0 Å². The van der Waals surface area contributed by atoms with Gasteiger partial charge in [0.2, 0.25) is 0 Å². The number of hydrogen-bond donors (Lipinski definition) is 1. The lowest BCUT2D eigenvalue weighted by Gasteiger charge is -2.26. The number of ether oxygens (including phenoxy) is 1. The van der Waals surface area contributed by atoms with E-state index in [0.717, 1.165) is 30.7 Å². The van der Waals surface area contributed by atoms with Gasteiger partial charge in [-0.05, 0) is 25.3 Å². The smallest absolute Gasteiger partial charge is 0.192 e. The number of para-hydroxylation sites is 1. The highest BCUT2D eigenvalue weighted by Crippen LogP contribution is 2.42. The standard InChI is InChI=1S/C16H21N3O/c1-20-15-9-3-2-6-13(15)7-5-11-17-14-8-4-10-16(12-14)18-19-16/h2-3,5-7,9,14,17H,4,8,10-12H2,1H3/b7-5+. The minimum absolute atomic E-state index is 0.00226. The highest BCUT2D eigenvalue weighted by molar-refractivity contribution is 5.57. The minimum atomic E-state index is 0.00226. The quantitative estimate of drug-likeness (QED) is 0.892. The molecule has 1 aromatic carbocycles. The van der Waals surface area contributed by atoms with Crippen molar-refractivity contribution in [3.8, 4) is 5.75 Å². The van der Waals surface area contributed by atoms with E-state index in [0.29, 0.717) is 6.04 Å². The second kappa shape index (κ2) is 5.75. The second-order valence-electron chi connectivity index (χ2n) is 5.53. The van der Waals surface area contributed by atoms with E-state index in [4.69, 9.17) is 4.74 Å². The third kappa shape index (κ3) is 3.07. The fraction of sp³-hybridized carbons (Fsp3) is 0.500. The van der Waals surface area contributed by atoms with Gasteiger partial charge in [0.25, 0.3) is 0 Å². The van der Waals surface area contributed by atoms with E-state index in [-0.39, 0.29) is 5.66 Å². The molecule has 3 rings (SSSR count). The van der Waals surface area contributed by atoms with Crippen LogP contribution < -0.4 is 10.1 Å². The van der Waals surface area contributed by atoms with E-state index in [1.54, 1.807) is 7.11 Å². The van der Waals surface area contributed by atoms with Crippen LogP contribution in [0.5, 0.6) is 5.75 Å². The van der Waals surface area contributed by atoms with Crippen molar-refractivity contribution in [2.75, 3.05) is 13.7 Å².